The number of rotatable bonds is 6. The molecule has 0 atom stereocenters. The van der Waals surface area contributed by atoms with Crippen LogP contribution in [0.3, 0.4) is 0 Å². The van der Waals surface area contributed by atoms with Crippen molar-refractivity contribution in [3.8, 4) is 5.69 Å². The molecule has 1 N–H and O–H groups in total. The average molecular weight is 370 g/mol. The topological polar surface area (TPSA) is 68.0 Å². The van der Waals surface area contributed by atoms with Gasteiger partial charge in [-0.1, -0.05) is 34.6 Å². The van der Waals surface area contributed by atoms with E-state index in [1.165, 1.54) is 11.8 Å². The van der Waals surface area contributed by atoms with Gasteiger partial charge in [-0.2, -0.15) is 0 Å². The summed E-state index contributed by atoms with van der Waals surface area (Å²) >= 11 is 4.68. The highest BCUT2D eigenvalue weighted by Crippen LogP contribution is 2.25. The van der Waals surface area contributed by atoms with Gasteiger partial charge < -0.3 is 5.11 Å². The molecule has 0 unspecified atom stereocenters. The maximum absolute atomic E-state index is 10.8. The fraction of sp³-hybridized carbons (Fsp3) is 0.357. The van der Waals surface area contributed by atoms with Crippen LogP contribution < -0.4 is 0 Å². The summed E-state index contributed by atoms with van der Waals surface area (Å²) in [6.07, 6.45) is 1.75. The quantitative estimate of drug-likeness (QED) is 0.789. The predicted octanol–water partition coefficient (Wildman–Crippen LogP) is 3.47. The minimum Gasteiger partial charge on any atom is -0.481 e. The van der Waals surface area contributed by atoms with Gasteiger partial charge in [0.2, 0.25) is 0 Å². The number of aromatic nitrogens is 3. The van der Waals surface area contributed by atoms with Crippen LogP contribution in [0.5, 0.6) is 0 Å². The van der Waals surface area contributed by atoms with Crippen LogP contribution in [-0.4, -0.2) is 31.6 Å². The van der Waals surface area contributed by atoms with Crippen LogP contribution in [-0.2, 0) is 11.2 Å². The number of carbonyl (C=O) groups is 1. The molecular weight excluding hydrogens is 354 g/mol. The first-order valence-corrected chi connectivity index (χ1v) is 8.35. The molecule has 21 heavy (non-hydrogen) atoms. The molecule has 0 aliphatic heterocycles. The van der Waals surface area contributed by atoms with E-state index in [2.05, 4.69) is 33.1 Å². The molecule has 5 nitrogen and oxygen atoms in total. The van der Waals surface area contributed by atoms with Gasteiger partial charge in [0, 0.05) is 10.9 Å². The molecule has 0 radical (unpaired) electrons. The Hall–Kier alpha value is -1.34. The Morgan fingerprint density at radius 2 is 2.14 bits per heavy atom. The molecule has 0 amide bonds. The normalized spacial score (nSPS) is 10.8. The van der Waals surface area contributed by atoms with Crippen molar-refractivity contribution < 1.29 is 9.90 Å². The molecule has 7 heteroatoms. The van der Waals surface area contributed by atoms with E-state index in [0.717, 1.165) is 34.4 Å². The second-order valence-electron chi connectivity index (χ2n) is 4.65. The molecule has 0 saturated carbocycles. The number of nitrogens with zero attached hydrogens (tertiary/aromatic N) is 3. The molecule has 1 aromatic carbocycles. The number of carboxylic acids is 1. The van der Waals surface area contributed by atoms with Crippen LogP contribution in [0.4, 0.5) is 0 Å². The van der Waals surface area contributed by atoms with Crippen molar-refractivity contribution in [2.24, 2.45) is 0 Å². The van der Waals surface area contributed by atoms with Gasteiger partial charge in [-0.25, -0.2) is 0 Å². The van der Waals surface area contributed by atoms with Crippen molar-refractivity contribution >= 4 is 33.7 Å². The highest BCUT2D eigenvalue weighted by Gasteiger charge is 2.15. The van der Waals surface area contributed by atoms with Crippen LogP contribution in [0.2, 0.25) is 0 Å². The second-order valence-corrected chi connectivity index (χ2v) is 6.51. The van der Waals surface area contributed by atoms with E-state index in [0.29, 0.717) is 5.16 Å². The molecule has 1 heterocycles. The third kappa shape index (κ3) is 4.07. The van der Waals surface area contributed by atoms with Crippen molar-refractivity contribution in [2.45, 2.75) is 31.8 Å². The Bertz CT molecular complexity index is 637. The lowest BCUT2D eigenvalue weighted by molar-refractivity contribution is -0.133. The summed E-state index contributed by atoms with van der Waals surface area (Å²) in [5.74, 6) is -0.0445. The maximum atomic E-state index is 10.8. The third-order valence-corrected chi connectivity index (χ3v) is 4.16. The number of carboxylic acid groups (broad SMARTS) is 1. The molecule has 2 aromatic rings. The van der Waals surface area contributed by atoms with Gasteiger partial charge in [0.1, 0.15) is 5.82 Å². The van der Waals surface area contributed by atoms with E-state index in [1.54, 1.807) is 0 Å². The molecule has 112 valence electrons. The number of benzene rings is 1. The van der Waals surface area contributed by atoms with Gasteiger partial charge in [-0.05, 0) is 37.1 Å². The summed E-state index contributed by atoms with van der Waals surface area (Å²) in [4.78, 5) is 10.8. The van der Waals surface area contributed by atoms with E-state index in [1.807, 2.05) is 29.7 Å². The second kappa shape index (κ2) is 7.09. The minimum absolute atomic E-state index is 0.0305. The number of hydrogen-bond donors (Lipinski definition) is 1. The zero-order valence-corrected chi connectivity index (χ0v) is 14.2. The Labute approximate surface area is 135 Å². The molecule has 0 aliphatic carbocycles. The fourth-order valence-corrected chi connectivity index (χ4v) is 3.30. The summed E-state index contributed by atoms with van der Waals surface area (Å²) in [5, 5.41) is 17.8. The van der Waals surface area contributed by atoms with Crippen LogP contribution >= 0.6 is 27.7 Å². The number of hydrogen-bond acceptors (Lipinski definition) is 4. The maximum Gasteiger partial charge on any atom is 0.313 e. The lowest BCUT2D eigenvalue weighted by Gasteiger charge is -2.11. The van der Waals surface area contributed by atoms with Crippen LogP contribution in [0.15, 0.2) is 27.8 Å². The Balaban J connectivity index is 2.46. The largest absolute Gasteiger partial charge is 0.481 e. The lowest BCUT2D eigenvalue weighted by atomic mass is 10.2. The first kappa shape index (κ1) is 16.0. The highest BCUT2D eigenvalue weighted by atomic mass is 79.9. The average Bonchev–Trinajstić information content (AvgIpc) is 2.78. The fourth-order valence-electron chi connectivity index (χ4n) is 2.01. The molecule has 0 spiro atoms. The predicted molar refractivity (Wildman–Crippen MR) is 86.2 cm³/mol. The zero-order valence-electron chi connectivity index (χ0n) is 11.8. The van der Waals surface area contributed by atoms with Crippen LogP contribution in [0.25, 0.3) is 5.69 Å². The Kier molecular flexibility index (Phi) is 5.41. The van der Waals surface area contributed by atoms with Crippen LogP contribution in [0, 0.1) is 6.92 Å². The molecule has 0 fully saturated rings. The first-order valence-electron chi connectivity index (χ1n) is 6.57. The van der Waals surface area contributed by atoms with E-state index < -0.39 is 5.97 Å². The van der Waals surface area contributed by atoms with Gasteiger partial charge in [0.05, 0.1) is 11.4 Å². The van der Waals surface area contributed by atoms with Gasteiger partial charge in [-0.3, -0.25) is 9.36 Å². The molecular formula is C14H16BrN3O2S. The Morgan fingerprint density at radius 1 is 1.38 bits per heavy atom. The van der Waals surface area contributed by atoms with Crippen molar-refractivity contribution in [1.82, 2.24) is 14.8 Å². The summed E-state index contributed by atoms with van der Waals surface area (Å²) < 4.78 is 2.91. The standard InChI is InChI=1S/C14H16BrN3O2S/c1-3-4-12-16-17-14(21-8-13(19)20)18(12)11-6-9(2)5-10(15)7-11/h5-7H,3-4,8H2,1-2H3,(H,19,20). The van der Waals surface area contributed by atoms with Gasteiger partial charge in [0.25, 0.3) is 0 Å². The van der Waals surface area contributed by atoms with Gasteiger partial charge in [0.15, 0.2) is 5.16 Å². The number of thioether (sulfide) groups is 1. The van der Waals surface area contributed by atoms with Crippen molar-refractivity contribution in [3.05, 3.63) is 34.1 Å². The van der Waals surface area contributed by atoms with E-state index in [4.69, 9.17) is 5.11 Å². The summed E-state index contributed by atoms with van der Waals surface area (Å²) in [7, 11) is 0. The number of aryl methyl sites for hydroxylation is 2. The van der Waals surface area contributed by atoms with Crippen LogP contribution in [0.1, 0.15) is 24.7 Å². The lowest BCUT2D eigenvalue weighted by Crippen LogP contribution is -2.05. The first-order chi connectivity index (χ1) is 10.0. The van der Waals surface area contributed by atoms with Crippen molar-refractivity contribution in [1.29, 1.82) is 0 Å². The molecule has 0 aliphatic rings. The third-order valence-electron chi connectivity index (χ3n) is 2.78. The van der Waals surface area contributed by atoms with Gasteiger partial charge in [-0.15, -0.1) is 10.2 Å². The molecule has 1 aromatic heterocycles. The number of aliphatic carboxylic acids is 1. The zero-order chi connectivity index (χ0) is 15.4. The van der Waals surface area contributed by atoms with Gasteiger partial charge >= 0.3 is 5.97 Å². The smallest absolute Gasteiger partial charge is 0.313 e. The summed E-state index contributed by atoms with van der Waals surface area (Å²) in [6, 6.07) is 6.05. The molecule has 0 saturated heterocycles. The Morgan fingerprint density at radius 3 is 2.76 bits per heavy atom. The highest BCUT2D eigenvalue weighted by molar-refractivity contribution is 9.10. The van der Waals surface area contributed by atoms with Crippen molar-refractivity contribution in [3.63, 3.8) is 0 Å². The summed E-state index contributed by atoms with van der Waals surface area (Å²) in [6.45, 7) is 4.09. The monoisotopic (exact) mass is 369 g/mol. The van der Waals surface area contributed by atoms with E-state index >= 15 is 0 Å². The molecule has 2 rings (SSSR count). The minimum atomic E-state index is -0.864. The van der Waals surface area contributed by atoms with Crippen molar-refractivity contribution in [2.75, 3.05) is 5.75 Å². The molecule has 0 bridgehead atoms. The SMILES string of the molecule is CCCc1nnc(SCC(=O)O)n1-c1cc(C)cc(Br)c1. The van der Waals surface area contributed by atoms with E-state index in [9.17, 15) is 4.79 Å². The van der Waals surface area contributed by atoms with E-state index in [-0.39, 0.29) is 5.75 Å². The number of halogens is 1. The summed E-state index contributed by atoms with van der Waals surface area (Å²) in [5.41, 5.74) is 2.06.